The molecule has 5 rings (SSSR count). The third kappa shape index (κ3) is 9.48. The lowest BCUT2D eigenvalue weighted by Crippen LogP contribution is -2.53. The molecule has 320 valence electrons. The number of aliphatic hydroxyl groups is 1. The lowest BCUT2D eigenvalue weighted by atomic mass is 9.78. The Labute approximate surface area is 344 Å². The van der Waals surface area contributed by atoms with Gasteiger partial charge in [-0.25, -0.2) is 4.79 Å². The predicted molar refractivity (Wildman–Crippen MR) is 208 cm³/mol. The molecule has 3 aliphatic heterocycles. The topological polar surface area (TPSA) is 178 Å². The lowest BCUT2D eigenvalue weighted by Gasteiger charge is -2.41. The molecule has 4 bridgehead atoms. The van der Waals surface area contributed by atoms with Crippen LogP contribution in [0.1, 0.15) is 74.0 Å². The summed E-state index contributed by atoms with van der Waals surface area (Å²) in [6, 6.07) is 3.74. The van der Waals surface area contributed by atoms with Crippen LogP contribution in [-0.2, 0) is 45.9 Å². The molecule has 0 aliphatic carbocycles. The van der Waals surface area contributed by atoms with Gasteiger partial charge in [-0.15, -0.1) is 0 Å². The van der Waals surface area contributed by atoms with Crippen molar-refractivity contribution in [1.29, 1.82) is 0 Å². The summed E-state index contributed by atoms with van der Waals surface area (Å²) < 4.78 is 65.5. The summed E-state index contributed by atoms with van der Waals surface area (Å²) in [6.07, 6.45) is -4.38. The van der Waals surface area contributed by atoms with Gasteiger partial charge in [-0.05, 0) is 57.4 Å². The first-order valence-electron chi connectivity index (χ1n) is 18.8. The molecular weight excluding hydrogens is 803 g/mol. The molecular formula is C41H47ClF3N3O11. The van der Waals surface area contributed by atoms with E-state index < -0.39 is 106 Å². The van der Waals surface area contributed by atoms with Gasteiger partial charge in [0, 0.05) is 45.7 Å². The third-order valence-electron chi connectivity index (χ3n) is 11.5. The number of allylic oxidation sites excluding steroid dienone is 3. The number of nitro groups is 1. The quantitative estimate of drug-likeness (QED) is 0.149. The van der Waals surface area contributed by atoms with E-state index in [1.165, 1.54) is 26.0 Å². The van der Waals surface area contributed by atoms with Crippen molar-refractivity contribution in [2.45, 2.75) is 108 Å². The monoisotopic (exact) mass is 849 g/mol. The highest BCUT2D eigenvalue weighted by atomic mass is 35.5. The fourth-order valence-corrected chi connectivity index (χ4v) is 7.96. The van der Waals surface area contributed by atoms with Crippen LogP contribution in [0.4, 0.5) is 24.5 Å². The number of epoxide rings is 1. The third-order valence-corrected chi connectivity index (χ3v) is 11.9. The Morgan fingerprint density at radius 3 is 2.49 bits per heavy atom. The van der Waals surface area contributed by atoms with Crippen molar-refractivity contribution in [1.82, 2.24) is 4.90 Å². The molecule has 2 fully saturated rings. The highest BCUT2D eigenvalue weighted by Crippen LogP contribution is 2.50. The summed E-state index contributed by atoms with van der Waals surface area (Å²) >= 11 is 6.74. The van der Waals surface area contributed by atoms with Gasteiger partial charge < -0.3 is 33.9 Å². The standard InChI is InChI=1S/C41H47ClF3N3O11/c1-21-10-9-11-31(56-8)40(53)19-30(57-34(50)20-40)23(3)36-39(5,59-36)32(18-33(49)47(7)29-16-25(14-21)15-22(2)35(29)42)58-38(52)24(4)46(6)37(51)27-13-12-26(48(54)55)17-28(27)41(43,44)45/h9-13,15-17,23-24,30-32,36,53H,14,18-20H2,1-8H3/b11-9+,21-10+/t23-,24+,30+,31-,32+,36+,39+,40-/m1/s1. The average molecular weight is 850 g/mol. The Bertz CT molecular complexity index is 2090. The highest BCUT2D eigenvalue weighted by molar-refractivity contribution is 6.34. The van der Waals surface area contributed by atoms with Gasteiger partial charge in [-0.2, -0.15) is 13.2 Å². The van der Waals surface area contributed by atoms with E-state index in [0.717, 1.165) is 24.3 Å². The normalized spacial score (nSPS) is 29.6. The van der Waals surface area contributed by atoms with Crippen molar-refractivity contribution in [2.75, 3.05) is 26.1 Å². The molecule has 0 radical (unpaired) electrons. The molecule has 0 saturated carbocycles. The number of alkyl halides is 3. The summed E-state index contributed by atoms with van der Waals surface area (Å²) in [5.74, 6) is -4.27. The number of ether oxygens (including phenoxy) is 4. The smallest absolute Gasteiger partial charge is 0.417 e. The van der Waals surface area contributed by atoms with Crippen LogP contribution in [0.15, 0.2) is 54.1 Å². The second kappa shape index (κ2) is 17.0. The minimum atomic E-state index is -5.15. The Hall–Kier alpha value is -4.84. The number of benzene rings is 2. The van der Waals surface area contributed by atoms with Gasteiger partial charge in [0.2, 0.25) is 5.91 Å². The number of methoxy groups -OCH3 is 1. The summed E-state index contributed by atoms with van der Waals surface area (Å²) in [5, 5.41) is 23.4. The van der Waals surface area contributed by atoms with Gasteiger partial charge in [0.15, 0.2) is 0 Å². The molecule has 14 nitrogen and oxygen atoms in total. The fraction of sp³-hybridized carbons (Fsp3) is 0.512. The van der Waals surface area contributed by atoms with E-state index in [2.05, 4.69) is 0 Å². The Kier molecular flexibility index (Phi) is 13.1. The van der Waals surface area contributed by atoms with Crippen LogP contribution in [0.2, 0.25) is 5.02 Å². The minimum Gasteiger partial charge on any atom is -0.462 e. The number of nitrogens with zero attached hydrogens (tertiary/aromatic N) is 3. The molecule has 18 heteroatoms. The van der Waals surface area contributed by atoms with Gasteiger partial charge in [0.05, 0.1) is 45.7 Å². The maximum Gasteiger partial charge on any atom is 0.417 e. The molecule has 3 aliphatic rings. The van der Waals surface area contributed by atoms with Crippen LogP contribution in [0.5, 0.6) is 0 Å². The van der Waals surface area contributed by atoms with Crippen molar-refractivity contribution >= 4 is 46.7 Å². The van der Waals surface area contributed by atoms with Gasteiger partial charge in [-0.1, -0.05) is 48.4 Å². The van der Waals surface area contributed by atoms with Crippen LogP contribution in [-0.4, -0.2) is 102 Å². The molecule has 2 aromatic carbocycles. The molecule has 59 heavy (non-hydrogen) atoms. The van der Waals surface area contributed by atoms with E-state index in [1.807, 2.05) is 19.1 Å². The number of hydrogen-bond acceptors (Lipinski definition) is 11. The fourth-order valence-electron chi connectivity index (χ4n) is 7.73. The van der Waals surface area contributed by atoms with Gasteiger partial charge in [-0.3, -0.25) is 24.5 Å². The van der Waals surface area contributed by atoms with Crippen LogP contribution < -0.4 is 4.90 Å². The minimum absolute atomic E-state index is 0.0520. The first-order chi connectivity index (χ1) is 27.4. The second-order valence-corrected chi connectivity index (χ2v) is 16.1. The number of non-ortho nitro benzene ring substituents is 1. The summed E-state index contributed by atoms with van der Waals surface area (Å²) in [5.41, 5.74) is -3.70. The summed E-state index contributed by atoms with van der Waals surface area (Å²) in [4.78, 5) is 66.7. The van der Waals surface area contributed by atoms with Crippen molar-refractivity contribution < 1.29 is 61.3 Å². The first-order valence-corrected chi connectivity index (χ1v) is 19.1. The zero-order valence-electron chi connectivity index (χ0n) is 33.8. The molecule has 3 heterocycles. The van der Waals surface area contributed by atoms with Crippen LogP contribution >= 0.6 is 11.6 Å². The SMILES string of the molecule is CO[C@@H]1/C=C/C=C(\C)Cc2cc(C)c(Cl)c(c2)N(C)C(=O)C[C@H](OC(=O)[C@H](C)N(C)C(=O)c2ccc([N+](=O)[O-])cc2C(F)(F)F)[C@]2(C)O[C@H]2[C@H](C)[C@@H]2C[C@@]1(O)CC(=O)O2. The molecule has 0 aromatic heterocycles. The number of carbonyl (C=O) groups excluding carboxylic acids is 4. The number of nitro benzene ring substituents is 1. The van der Waals surface area contributed by atoms with Crippen LogP contribution in [0, 0.1) is 23.0 Å². The van der Waals surface area contributed by atoms with E-state index in [-0.39, 0.29) is 18.9 Å². The number of rotatable bonds is 6. The van der Waals surface area contributed by atoms with Gasteiger partial charge in [0.25, 0.3) is 11.6 Å². The number of amides is 2. The maximum absolute atomic E-state index is 14.2. The molecule has 0 unspecified atom stereocenters. The van der Waals surface area contributed by atoms with E-state index in [1.54, 1.807) is 39.0 Å². The van der Waals surface area contributed by atoms with Crippen molar-refractivity contribution in [3.05, 3.63) is 91.5 Å². The lowest BCUT2D eigenvalue weighted by molar-refractivity contribution is -0.385. The highest BCUT2D eigenvalue weighted by Gasteiger charge is 2.64. The molecule has 1 N–H and O–H groups in total. The molecule has 8 atom stereocenters. The number of halogens is 4. The van der Waals surface area contributed by atoms with Gasteiger partial charge >= 0.3 is 18.1 Å². The number of carbonyl (C=O) groups is 4. The number of aryl methyl sites for hydroxylation is 1. The van der Waals surface area contributed by atoms with E-state index in [0.29, 0.717) is 33.7 Å². The average Bonchev–Trinajstić information content (AvgIpc) is 3.86. The van der Waals surface area contributed by atoms with E-state index >= 15 is 0 Å². The number of hydrogen-bond donors (Lipinski definition) is 1. The van der Waals surface area contributed by atoms with E-state index in [9.17, 15) is 47.6 Å². The van der Waals surface area contributed by atoms with Crippen LogP contribution in [0.25, 0.3) is 0 Å². The number of fused-ring (bicyclic) bond motifs is 5. The maximum atomic E-state index is 14.2. The first kappa shape index (κ1) is 45.2. The Morgan fingerprint density at radius 2 is 1.86 bits per heavy atom. The molecule has 2 amide bonds. The Morgan fingerprint density at radius 1 is 1.19 bits per heavy atom. The number of esters is 2. The van der Waals surface area contributed by atoms with Crippen molar-refractivity contribution in [3.8, 4) is 0 Å². The molecule has 0 spiro atoms. The zero-order chi connectivity index (χ0) is 43.9. The van der Waals surface area contributed by atoms with Gasteiger partial charge in [0.1, 0.15) is 35.6 Å². The number of likely N-dealkylation sites (N-methyl/N-ethyl adjacent to an activating group) is 1. The van der Waals surface area contributed by atoms with E-state index in [4.69, 9.17) is 30.5 Å². The summed E-state index contributed by atoms with van der Waals surface area (Å²) in [7, 11) is 3.98. The molecule has 2 saturated heterocycles. The second-order valence-electron chi connectivity index (χ2n) is 15.7. The number of anilines is 1. The van der Waals surface area contributed by atoms with Crippen LogP contribution in [0.3, 0.4) is 0 Å². The summed E-state index contributed by atoms with van der Waals surface area (Å²) in [6.45, 7) is 8.19. The van der Waals surface area contributed by atoms with Crippen molar-refractivity contribution in [2.24, 2.45) is 5.92 Å². The Balaban J connectivity index is 1.51. The zero-order valence-corrected chi connectivity index (χ0v) is 34.6. The largest absolute Gasteiger partial charge is 0.462 e. The van der Waals surface area contributed by atoms with Crippen molar-refractivity contribution in [3.63, 3.8) is 0 Å². The molecule has 2 aromatic rings. The predicted octanol–water partition coefficient (Wildman–Crippen LogP) is 6.30.